The Bertz CT molecular complexity index is 236. The van der Waals surface area contributed by atoms with Crippen LogP contribution in [-0.4, -0.2) is 35.5 Å². The van der Waals surface area contributed by atoms with Gasteiger partial charge >= 0.3 is 0 Å². The molecule has 1 aliphatic heterocycles. The van der Waals surface area contributed by atoms with Gasteiger partial charge in [0, 0.05) is 13.1 Å². The fourth-order valence-electron chi connectivity index (χ4n) is 1.96. The number of rotatable bonds is 5. The molecule has 1 aliphatic rings. The van der Waals surface area contributed by atoms with Crippen molar-refractivity contribution in [1.29, 1.82) is 5.26 Å². The molecule has 0 aromatic rings. The Hall–Kier alpha value is -0.460. The average Bonchev–Trinajstić information content (AvgIpc) is 2.31. The predicted molar refractivity (Wildman–Crippen MR) is 67.0 cm³/mol. The Balaban J connectivity index is 2.29. The van der Waals surface area contributed by atoms with Crippen LogP contribution in [-0.2, 0) is 0 Å². The highest BCUT2D eigenvalue weighted by atomic mass is 32.2. The lowest BCUT2D eigenvalue weighted by atomic mass is 9.97. The Morgan fingerprint density at radius 1 is 1.53 bits per heavy atom. The second kappa shape index (κ2) is 6.19. The van der Waals surface area contributed by atoms with Crippen LogP contribution in [0.5, 0.6) is 0 Å². The molecule has 1 saturated heterocycles. The molecule has 0 aromatic heterocycles. The third-order valence-corrected chi connectivity index (χ3v) is 4.42. The number of hydrogen-bond donors (Lipinski definition) is 0. The van der Waals surface area contributed by atoms with Crippen LogP contribution in [0.2, 0.25) is 0 Å². The van der Waals surface area contributed by atoms with Crippen LogP contribution in [0, 0.1) is 11.3 Å². The highest BCUT2D eigenvalue weighted by Gasteiger charge is 2.33. The maximum absolute atomic E-state index is 9.14. The molecule has 84 valence electrons. The average molecular weight is 224 g/mol. The van der Waals surface area contributed by atoms with Gasteiger partial charge in [0.15, 0.2) is 0 Å². The minimum absolute atomic E-state index is 0.102. The van der Waals surface area contributed by atoms with E-state index in [1.54, 1.807) is 11.8 Å². The lowest BCUT2D eigenvalue weighted by Crippen LogP contribution is -2.41. The number of piperidine rings is 1. The zero-order chi connectivity index (χ0) is 11.1. The summed E-state index contributed by atoms with van der Waals surface area (Å²) in [4.78, 5) is 2.47. The molecule has 0 saturated carbocycles. The van der Waals surface area contributed by atoms with Gasteiger partial charge in [0.2, 0.25) is 0 Å². The van der Waals surface area contributed by atoms with Crippen molar-refractivity contribution in [3.05, 3.63) is 12.7 Å². The fourth-order valence-corrected chi connectivity index (χ4v) is 2.64. The van der Waals surface area contributed by atoms with Crippen LogP contribution >= 0.6 is 11.8 Å². The maximum Gasteiger partial charge on any atom is 0.104 e. The number of nitrogens with zero attached hydrogens (tertiary/aromatic N) is 2. The van der Waals surface area contributed by atoms with Crippen molar-refractivity contribution < 1.29 is 0 Å². The summed E-state index contributed by atoms with van der Waals surface area (Å²) >= 11 is 1.72. The molecule has 3 heteroatoms. The van der Waals surface area contributed by atoms with E-state index in [0.29, 0.717) is 0 Å². The molecule has 15 heavy (non-hydrogen) atoms. The molecule has 0 radical (unpaired) electrons. The van der Waals surface area contributed by atoms with Crippen molar-refractivity contribution in [2.75, 3.05) is 25.9 Å². The molecule has 0 spiro atoms. The predicted octanol–water partition coefficient (Wildman–Crippen LogP) is 2.67. The molecule has 2 nitrogen and oxygen atoms in total. The highest BCUT2D eigenvalue weighted by molar-refractivity contribution is 8.00. The van der Waals surface area contributed by atoms with Gasteiger partial charge in [-0.25, -0.2) is 0 Å². The third-order valence-electron chi connectivity index (χ3n) is 3.14. The molecule has 0 bridgehead atoms. The van der Waals surface area contributed by atoms with E-state index >= 15 is 0 Å². The van der Waals surface area contributed by atoms with E-state index in [2.05, 4.69) is 23.8 Å². The normalized spacial score (nSPS) is 20.8. The standard InChI is InChI=1S/C12H20N2S/c1-3-4-5-8-14-9-6-12(11-13,15-2)7-10-14/h3H,1,4-10H2,2H3. The summed E-state index contributed by atoms with van der Waals surface area (Å²) in [6, 6.07) is 2.48. The van der Waals surface area contributed by atoms with E-state index in [0.717, 1.165) is 38.9 Å². The van der Waals surface area contributed by atoms with Crippen LogP contribution in [0.15, 0.2) is 12.7 Å². The largest absolute Gasteiger partial charge is 0.303 e. The number of hydrogen-bond acceptors (Lipinski definition) is 3. The lowest BCUT2D eigenvalue weighted by molar-refractivity contribution is 0.215. The summed E-state index contributed by atoms with van der Waals surface area (Å²) in [7, 11) is 0. The number of nitriles is 1. The van der Waals surface area contributed by atoms with Crippen molar-refractivity contribution in [2.45, 2.75) is 30.4 Å². The zero-order valence-corrected chi connectivity index (χ0v) is 10.4. The third kappa shape index (κ3) is 3.55. The van der Waals surface area contributed by atoms with Gasteiger partial charge in [-0.1, -0.05) is 6.08 Å². The molecule has 1 fully saturated rings. The summed E-state index contributed by atoms with van der Waals surface area (Å²) in [5.41, 5.74) is 0. The summed E-state index contributed by atoms with van der Waals surface area (Å²) in [6.45, 7) is 7.03. The first-order valence-corrected chi connectivity index (χ1v) is 6.78. The van der Waals surface area contributed by atoms with Gasteiger partial charge in [0.05, 0.1) is 6.07 Å². The van der Waals surface area contributed by atoms with Gasteiger partial charge in [-0.05, 0) is 38.5 Å². The monoisotopic (exact) mass is 224 g/mol. The Kier molecular flexibility index (Phi) is 5.21. The summed E-state index contributed by atoms with van der Waals surface area (Å²) in [5.74, 6) is 0. The molecule has 1 heterocycles. The fraction of sp³-hybridized carbons (Fsp3) is 0.750. The molecular formula is C12H20N2S. The molecule has 0 amide bonds. The van der Waals surface area contributed by atoms with Gasteiger partial charge in [-0.3, -0.25) is 0 Å². The molecule has 0 aliphatic carbocycles. The first kappa shape index (κ1) is 12.6. The quantitative estimate of drug-likeness (QED) is 0.530. The summed E-state index contributed by atoms with van der Waals surface area (Å²) < 4.78 is -0.102. The van der Waals surface area contributed by atoms with E-state index < -0.39 is 0 Å². The lowest BCUT2D eigenvalue weighted by Gasteiger charge is -2.36. The molecule has 0 atom stereocenters. The van der Waals surface area contributed by atoms with Crippen LogP contribution in [0.4, 0.5) is 0 Å². The second-order valence-electron chi connectivity index (χ2n) is 4.08. The first-order valence-electron chi connectivity index (χ1n) is 5.56. The second-order valence-corrected chi connectivity index (χ2v) is 5.27. The van der Waals surface area contributed by atoms with Gasteiger partial charge in [0.25, 0.3) is 0 Å². The Morgan fingerprint density at radius 3 is 2.67 bits per heavy atom. The minimum atomic E-state index is -0.102. The van der Waals surface area contributed by atoms with E-state index in [1.807, 2.05) is 6.08 Å². The molecule has 1 rings (SSSR count). The topological polar surface area (TPSA) is 27.0 Å². The molecule has 0 aromatic carbocycles. The Morgan fingerprint density at radius 2 is 2.20 bits per heavy atom. The van der Waals surface area contributed by atoms with Crippen molar-refractivity contribution in [2.24, 2.45) is 0 Å². The maximum atomic E-state index is 9.14. The number of allylic oxidation sites excluding steroid dienone is 1. The highest BCUT2D eigenvalue weighted by Crippen LogP contribution is 2.33. The summed E-state index contributed by atoms with van der Waals surface area (Å²) in [5, 5.41) is 9.14. The van der Waals surface area contributed by atoms with Gasteiger partial charge in [0.1, 0.15) is 4.75 Å². The number of unbranched alkanes of at least 4 members (excludes halogenated alkanes) is 1. The van der Waals surface area contributed by atoms with E-state index in [1.165, 1.54) is 6.42 Å². The molecule has 0 unspecified atom stereocenters. The minimum Gasteiger partial charge on any atom is -0.303 e. The van der Waals surface area contributed by atoms with E-state index in [-0.39, 0.29) is 4.75 Å². The van der Waals surface area contributed by atoms with Crippen molar-refractivity contribution in [3.63, 3.8) is 0 Å². The summed E-state index contributed by atoms with van der Waals surface area (Å²) in [6.07, 6.45) is 8.35. The van der Waals surface area contributed by atoms with Crippen LogP contribution in [0.1, 0.15) is 25.7 Å². The van der Waals surface area contributed by atoms with Gasteiger partial charge in [-0.2, -0.15) is 5.26 Å². The number of thioether (sulfide) groups is 1. The van der Waals surface area contributed by atoms with Gasteiger partial charge < -0.3 is 4.90 Å². The smallest absolute Gasteiger partial charge is 0.104 e. The van der Waals surface area contributed by atoms with Crippen molar-refractivity contribution >= 4 is 11.8 Å². The van der Waals surface area contributed by atoms with Crippen molar-refractivity contribution in [1.82, 2.24) is 4.90 Å². The van der Waals surface area contributed by atoms with Gasteiger partial charge in [-0.15, -0.1) is 18.3 Å². The van der Waals surface area contributed by atoms with E-state index in [4.69, 9.17) is 5.26 Å². The van der Waals surface area contributed by atoms with E-state index in [9.17, 15) is 0 Å². The van der Waals surface area contributed by atoms with Crippen LogP contribution in [0.25, 0.3) is 0 Å². The zero-order valence-electron chi connectivity index (χ0n) is 9.54. The van der Waals surface area contributed by atoms with Crippen LogP contribution < -0.4 is 0 Å². The molecular weight excluding hydrogens is 204 g/mol. The molecule has 0 N–H and O–H groups in total. The van der Waals surface area contributed by atoms with Crippen LogP contribution in [0.3, 0.4) is 0 Å². The Labute approximate surface area is 97.3 Å². The van der Waals surface area contributed by atoms with Crippen molar-refractivity contribution in [3.8, 4) is 6.07 Å². The number of likely N-dealkylation sites (tertiary alicyclic amines) is 1. The SMILES string of the molecule is C=CCCCN1CCC(C#N)(SC)CC1. The first-order chi connectivity index (χ1) is 7.26.